The third-order valence-electron chi connectivity index (χ3n) is 2.40. The standard InChI is InChI=1S/C10H20N2O3/c1-4-7(2)9(10(15)11-3)12-8(14)5-6-13/h7,9,13H,4-6H2,1-3H3,(H,11,15)(H,12,14). The first kappa shape index (κ1) is 13.9. The smallest absolute Gasteiger partial charge is 0.242 e. The number of amides is 2. The van der Waals surface area contributed by atoms with Gasteiger partial charge in [-0.2, -0.15) is 0 Å². The van der Waals surface area contributed by atoms with Crippen molar-refractivity contribution >= 4 is 11.8 Å². The van der Waals surface area contributed by atoms with E-state index in [-0.39, 0.29) is 30.8 Å². The lowest BCUT2D eigenvalue weighted by molar-refractivity contribution is -0.130. The first-order valence-corrected chi connectivity index (χ1v) is 5.18. The number of aliphatic hydroxyl groups excluding tert-OH is 1. The molecule has 0 radical (unpaired) electrons. The summed E-state index contributed by atoms with van der Waals surface area (Å²) in [4.78, 5) is 22.7. The zero-order valence-electron chi connectivity index (χ0n) is 9.54. The van der Waals surface area contributed by atoms with Crippen molar-refractivity contribution in [1.29, 1.82) is 0 Å². The van der Waals surface area contributed by atoms with Crippen molar-refractivity contribution in [2.45, 2.75) is 32.7 Å². The summed E-state index contributed by atoms with van der Waals surface area (Å²) in [6.45, 7) is 3.66. The minimum absolute atomic E-state index is 0.0317. The topological polar surface area (TPSA) is 78.4 Å². The molecular weight excluding hydrogens is 196 g/mol. The van der Waals surface area contributed by atoms with Crippen LogP contribution in [0.4, 0.5) is 0 Å². The molecule has 0 aliphatic carbocycles. The largest absolute Gasteiger partial charge is 0.396 e. The number of carbonyl (C=O) groups is 2. The lowest BCUT2D eigenvalue weighted by Gasteiger charge is -2.22. The maximum Gasteiger partial charge on any atom is 0.242 e. The average molecular weight is 216 g/mol. The van der Waals surface area contributed by atoms with Gasteiger partial charge in [0.15, 0.2) is 0 Å². The van der Waals surface area contributed by atoms with Gasteiger partial charge in [0.25, 0.3) is 0 Å². The second-order valence-corrected chi connectivity index (χ2v) is 3.52. The molecule has 0 aromatic heterocycles. The van der Waals surface area contributed by atoms with Gasteiger partial charge in [-0.15, -0.1) is 0 Å². The van der Waals surface area contributed by atoms with Gasteiger partial charge in [-0.25, -0.2) is 0 Å². The number of nitrogens with one attached hydrogen (secondary N) is 2. The normalized spacial score (nSPS) is 14.1. The van der Waals surface area contributed by atoms with E-state index < -0.39 is 6.04 Å². The Labute approximate surface area is 90.2 Å². The highest BCUT2D eigenvalue weighted by atomic mass is 16.3. The second kappa shape index (κ2) is 7.23. The predicted octanol–water partition coefficient (Wildman–Crippen LogP) is -0.354. The maximum absolute atomic E-state index is 11.5. The van der Waals surface area contributed by atoms with Crippen molar-refractivity contribution < 1.29 is 14.7 Å². The molecule has 15 heavy (non-hydrogen) atoms. The molecule has 0 saturated heterocycles. The van der Waals surface area contributed by atoms with Gasteiger partial charge in [-0.3, -0.25) is 9.59 Å². The molecule has 3 N–H and O–H groups in total. The van der Waals surface area contributed by atoms with E-state index in [0.29, 0.717) is 0 Å². The quantitative estimate of drug-likeness (QED) is 0.567. The fraction of sp³-hybridized carbons (Fsp3) is 0.800. The summed E-state index contributed by atoms with van der Waals surface area (Å²) in [5.74, 6) is -0.422. The molecule has 0 aromatic rings. The van der Waals surface area contributed by atoms with Crippen LogP contribution in [0.1, 0.15) is 26.7 Å². The SMILES string of the molecule is CCC(C)C(NC(=O)CCO)C(=O)NC. The summed E-state index contributed by atoms with van der Waals surface area (Å²) in [5.41, 5.74) is 0. The van der Waals surface area contributed by atoms with E-state index in [1.54, 1.807) is 0 Å². The molecule has 0 bridgehead atoms. The Balaban J connectivity index is 4.37. The number of carbonyl (C=O) groups excluding carboxylic acids is 2. The summed E-state index contributed by atoms with van der Waals surface area (Å²) in [7, 11) is 1.54. The zero-order chi connectivity index (χ0) is 11.8. The number of hydrogen-bond donors (Lipinski definition) is 3. The van der Waals surface area contributed by atoms with Crippen molar-refractivity contribution in [2.75, 3.05) is 13.7 Å². The first-order valence-electron chi connectivity index (χ1n) is 5.18. The van der Waals surface area contributed by atoms with Crippen LogP contribution in [-0.2, 0) is 9.59 Å². The molecule has 2 atom stereocenters. The molecule has 0 aliphatic heterocycles. The average Bonchev–Trinajstić information content (AvgIpc) is 2.24. The van der Waals surface area contributed by atoms with Gasteiger partial charge in [-0.05, 0) is 5.92 Å². The minimum atomic E-state index is -0.515. The molecule has 0 rings (SSSR count). The molecule has 2 unspecified atom stereocenters. The highest BCUT2D eigenvalue weighted by Gasteiger charge is 2.24. The van der Waals surface area contributed by atoms with E-state index in [9.17, 15) is 9.59 Å². The van der Waals surface area contributed by atoms with Crippen LogP contribution in [0.2, 0.25) is 0 Å². The molecule has 0 aromatic carbocycles. The van der Waals surface area contributed by atoms with Gasteiger partial charge in [0.1, 0.15) is 6.04 Å². The van der Waals surface area contributed by atoms with E-state index in [2.05, 4.69) is 10.6 Å². The maximum atomic E-state index is 11.5. The van der Waals surface area contributed by atoms with E-state index in [1.165, 1.54) is 7.05 Å². The van der Waals surface area contributed by atoms with Crippen molar-refractivity contribution in [2.24, 2.45) is 5.92 Å². The molecule has 88 valence electrons. The lowest BCUT2D eigenvalue weighted by Crippen LogP contribution is -2.49. The third-order valence-corrected chi connectivity index (χ3v) is 2.40. The van der Waals surface area contributed by atoms with Crippen LogP contribution in [0.5, 0.6) is 0 Å². The first-order chi connectivity index (χ1) is 7.06. The van der Waals surface area contributed by atoms with E-state index in [0.717, 1.165) is 6.42 Å². The van der Waals surface area contributed by atoms with Crippen molar-refractivity contribution in [3.63, 3.8) is 0 Å². The number of likely N-dealkylation sites (N-methyl/N-ethyl adjacent to an activating group) is 1. The number of rotatable bonds is 6. The van der Waals surface area contributed by atoms with Crippen LogP contribution < -0.4 is 10.6 Å². The molecule has 0 heterocycles. The fourth-order valence-corrected chi connectivity index (χ4v) is 1.20. The number of aliphatic hydroxyl groups is 1. The van der Waals surface area contributed by atoms with Gasteiger partial charge in [0.2, 0.25) is 11.8 Å². The molecule has 5 heteroatoms. The van der Waals surface area contributed by atoms with Crippen LogP contribution in [-0.4, -0.2) is 36.6 Å². The summed E-state index contributed by atoms with van der Waals surface area (Å²) in [5, 5.41) is 13.7. The van der Waals surface area contributed by atoms with Gasteiger partial charge in [-0.1, -0.05) is 20.3 Å². The third kappa shape index (κ3) is 4.78. The lowest BCUT2D eigenvalue weighted by atomic mass is 9.98. The van der Waals surface area contributed by atoms with Crippen molar-refractivity contribution in [1.82, 2.24) is 10.6 Å². The summed E-state index contributed by atoms with van der Waals surface area (Å²) < 4.78 is 0. The Kier molecular flexibility index (Phi) is 6.70. The van der Waals surface area contributed by atoms with E-state index >= 15 is 0 Å². The fourth-order valence-electron chi connectivity index (χ4n) is 1.20. The Morgan fingerprint density at radius 2 is 2.00 bits per heavy atom. The minimum Gasteiger partial charge on any atom is -0.396 e. The Morgan fingerprint density at radius 1 is 1.40 bits per heavy atom. The highest BCUT2D eigenvalue weighted by Crippen LogP contribution is 2.07. The molecular formula is C10H20N2O3. The van der Waals surface area contributed by atoms with Crippen molar-refractivity contribution in [3.8, 4) is 0 Å². The van der Waals surface area contributed by atoms with Gasteiger partial charge in [0.05, 0.1) is 6.61 Å². The molecule has 0 saturated carbocycles. The van der Waals surface area contributed by atoms with Crippen LogP contribution in [0.3, 0.4) is 0 Å². The van der Waals surface area contributed by atoms with Crippen molar-refractivity contribution in [3.05, 3.63) is 0 Å². The molecule has 2 amide bonds. The summed E-state index contributed by atoms with van der Waals surface area (Å²) in [6, 6.07) is -0.515. The highest BCUT2D eigenvalue weighted by molar-refractivity contribution is 5.87. The van der Waals surface area contributed by atoms with E-state index in [1.807, 2.05) is 13.8 Å². The second-order valence-electron chi connectivity index (χ2n) is 3.52. The molecule has 0 spiro atoms. The Morgan fingerprint density at radius 3 is 2.40 bits per heavy atom. The van der Waals surface area contributed by atoms with Crippen LogP contribution in [0.15, 0.2) is 0 Å². The van der Waals surface area contributed by atoms with Gasteiger partial charge >= 0.3 is 0 Å². The van der Waals surface area contributed by atoms with Gasteiger partial charge < -0.3 is 15.7 Å². The molecule has 0 fully saturated rings. The molecule has 0 aliphatic rings. The predicted molar refractivity (Wildman–Crippen MR) is 57.2 cm³/mol. The summed E-state index contributed by atoms with van der Waals surface area (Å²) >= 11 is 0. The van der Waals surface area contributed by atoms with E-state index in [4.69, 9.17) is 5.11 Å². The van der Waals surface area contributed by atoms with Gasteiger partial charge in [0, 0.05) is 13.5 Å². The zero-order valence-corrected chi connectivity index (χ0v) is 9.54. The van der Waals surface area contributed by atoms with Crippen LogP contribution >= 0.6 is 0 Å². The summed E-state index contributed by atoms with van der Waals surface area (Å²) in [6.07, 6.45) is 0.835. The Hall–Kier alpha value is -1.10. The number of hydrogen-bond acceptors (Lipinski definition) is 3. The molecule has 5 nitrogen and oxygen atoms in total. The van der Waals surface area contributed by atoms with Crippen LogP contribution in [0, 0.1) is 5.92 Å². The Bertz CT molecular complexity index is 219. The van der Waals surface area contributed by atoms with Crippen LogP contribution in [0.25, 0.3) is 0 Å². The monoisotopic (exact) mass is 216 g/mol.